The molecule has 0 aliphatic heterocycles. The first-order valence-corrected chi connectivity index (χ1v) is 7.72. The molecule has 0 aromatic rings. The van der Waals surface area contributed by atoms with Gasteiger partial charge in [0.15, 0.2) is 0 Å². The summed E-state index contributed by atoms with van der Waals surface area (Å²) in [5.41, 5.74) is -0.373. The van der Waals surface area contributed by atoms with Crippen molar-refractivity contribution < 1.29 is 9.53 Å². The molecule has 2 fully saturated rings. The summed E-state index contributed by atoms with van der Waals surface area (Å²) in [6.45, 7) is 2.39. The van der Waals surface area contributed by atoms with E-state index in [4.69, 9.17) is 4.74 Å². The second-order valence-electron chi connectivity index (χ2n) is 5.84. The highest BCUT2D eigenvalue weighted by atomic mass is 16.5. The summed E-state index contributed by atoms with van der Waals surface area (Å²) in [7, 11) is 0. The molecule has 0 amide bonds. The van der Waals surface area contributed by atoms with Gasteiger partial charge in [-0.15, -0.1) is 0 Å². The van der Waals surface area contributed by atoms with Gasteiger partial charge in [-0.1, -0.05) is 38.5 Å². The van der Waals surface area contributed by atoms with Gasteiger partial charge in [0.25, 0.3) is 0 Å². The predicted octanol–water partition coefficient (Wildman–Crippen LogP) is 3.17. The van der Waals surface area contributed by atoms with E-state index in [2.05, 4.69) is 5.32 Å². The molecule has 3 heteroatoms. The van der Waals surface area contributed by atoms with Crippen molar-refractivity contribution in [2.45, 2.75) is 82.7 Å². The van der Waals surface area contributed by atoms with Crippen molar-refractivity contribution in [1.82, 2.24) is 5.32 Å². The minimum atomic E-state index is -0.373. The average molecular weight is 253 g/mol. The number of rotatable bonds is 4. The molecule has 2 rings (SSSR count). The molecule has 1 N–H and O–H groups in total. The van der Waals surface area contributed by atoms with Crippen LogP contribution in [0.2, 0.25) is 0 Å². The number of ether oxygens (including phenoxy) is 1. The number of carbonyl (C=O) groups excluding carboxylic acids is 1. The minimum absolute atomic E-state index is 0.00111. The minimum Gasteiger partial charge on any atom is -0.465 e. The molecular weight excluding hydrogens is 226 g/mol. The monoisotopic (exact) mass is 253 g/mol. The Balaban J connectivity index is 2.06. The largest absolute Gasteiger partial charge is 0.465 e. The van der Waals surface area contributed by atoms with Crippen LogP contribution in [0.3, 0.4) is 0 Å². The van der Waals surface area contributed by atoms with Crippen LogP contribution in [0.25, 0.3) is 0 Å². The molecule has 18 heavy (non-hydrogen) atoms. The maximum Gasteiger partial charge on any atom is 0.326 e. The summed E-state index contributed by atoms with van der Waals surface area (Å²) in [4.78, 5) is 12.4. The van der Waals surface area contributed by atoms with Gasteiger partial charge >= 0.3 is 5.97 Å². The highest BCUT2D eigenvalue weighted by Gasteiger charge is 2.41. The summed E-state index contributed by atoms with van der Waals surface area (Å²) >= 11 is 0. The Morgan fingerprint density at radius 2 is 1.72 bits per heavy atom. The quantitative estimate of drug-likeness (QED) is 0.618. The Labute approximate surface area is 111 Å². The van der Waals surface area contributed by atoms with E-state index in [1.807, 2.05) is 6.92 Å². The van der Waals surface area contributed by atoms with E-state index in [1.165, 1.54) is 38.5 Å². The fourth-order valence-corrected chi connectivity index (χ4v) is 3.47. The number of nitrogens with one attached hydrogen (secondary N) is 1. The molecule has 0 heterocycles. The lowest BCUT2D eigenvalue weighted by Crippen LogP contribution is -2.55. The third kappa shape index (κ3) is 3.25. The SMILES string of the molecule is CCOC(=O)C1(NC2CCCC2)CCCCCC1. The predicted molar refractivity (Wildman–Crippen MR) is 72.5 cm³/mol. The van der Waals surface area contributed by atoms with Gasteiger partial charge in [-0.25, -0.2) is 0 Å². The zero-order valence-corrected chi connectivity index (χ0v) is 11.7. The molecule has 3 nitrogen and oxygen atoms in total. The van der Waals surface area contributed by atoms with Crippen LogP contribution in [0.15, 0.2) is 0 Å². The lowest BCUT2D eigenvalue weighted by atomic mass is 9.89. The first-order chi connectivity index (χ1) is 8.77. The van der Waals surface area contributed by atoms with Crippen molar-refractivity contribution in [3.63, 3.8) is 0 Å². The molecule has 0 aromatic heterocycles. The third-order valence-corrected chi connectivity index (χ3v) is 4.46. The molecule has 0 aromatic carbocycles. The summed E-state index contributed by atoms with van der Waals surface area (Å²) in [5.74, 6) is -0.00111. The number of esters is 1. The zero-order valence-electron chi connectivity index (χ0n) is 11.7. The third-order valence-electron chi connectivity index (χ3n) is 4.46. The van der Waals surface area contributed by atoms with Crippen LogP contribution in [-0.4, -0.2) is 24.2 Å². The standard InChI is InChI=1S/C15H27NO2/c1-2-18-14(17)15(11-7-3-4-8-12-15)16-13-9-5-6-10-13/h13,16H,2-12H2,1H3. The van der Waals surface area contributed by atoms with Crippen LogP contribution in [0.1, 0.15) is 71.1 Å². The molecule has 0 atom stereocenters. The van der Waals surface area contributed by atoms with Crippen LogP contribution >= 0.6 is 0 Å². The molecule has 2 aliphatic carbocycles. The fourth-order valence-electron chi connectivity index (χ4n) is 3.47. The molecule has 0 bridgehead atoms. The first kappa shape index (κ1) is 13.9. The van der Waals surface area contributed by atoms with Crippen molar-refractivity contribution in [2.75, 3.05) is 6.61 Å². The summed E-state index contributed by atoms with van der Waals surface area (Å²) < 4.78 is 5.35. The summed E-state index contributed by atoms with van der Waals surface area (Å²) in [6, 6.07) is 0.535. The lowest BCUT2D eigenvalue weighted by molar-refractivity contribution is -0.152. The Morgan fingerprint density at radius 1 is 1.11 bits per heavy atom. The molecule has 0 saturated heterocycles. The normalized spacial score (nSPS) is 24.7. The molecule has 2 aliphatic rings. The van der Waals surface area contributed by atoms with E-state index < -0.39 is 0 Å². The van der Waals surface area contributed by atoms with Crippen LogP contribution in [0.5, 0.6) is 0 Å². The van der Waals surface area contributed by atoms with E-state index >= 15 is 0 Å². The Morgan fingerprint density at radius 3 is 2.28 bits per heavy atom. The maximum atomic E-state index is 12.4. The van der Waals surface area contributed by atoms with Gasteiger partial charge < -0.3 is 4.74 Å². The highest BCUT2D eigenvalue weighted by molar-refractivity contribution is 5.81. The van der Waals surface area contributed by atoms with E-state index in [0.29, 0.717) is 12.6 Å². The highest BCUT2D eigenvalue weighted by Crippen LogP contribution is 2.31. The fraction of sp³-hybridized carbons (Fsp3) is 0.933. The van der Waals surface area contributed by atoms with Crippen molar-refractivity contribution >= 4 is 5.97 Å². The van der Waals surface area contributed by atoms with E-state index in [1.54, 1.807) is 0 Å². The molecule has 0 radical (unpaired) electrons. The van der Waals surface area contributed by atoms with Crippen molar-refractivity contribution in [3.05, 3.63) is 0 Å². The molecular formula is C15H27NO2. The Bertz CT molecular complexity index is 264. The molecule has 0 spiro atoms. The summed E-state index contributed by atoms with van der Waals surface area (Å²) in [5, 5.41) is 3.68. The first-order valence-electron chi connectivity index (χ1n) is 7.72. The number of hydrogen-bond acceptors (Lipinski definition) is 3. The van der Waals surface area contributed by atoms with Gasteiger partial charge in [-0.05, 0) is 32.6 Å². The van der Waals surface area contributed by atoms with Gasteiger partial charge in [0.05, 0.1) is 6.61 Å². The van der Waals surface area contributed by atoms with Crippen molar-refractivity contribution in [3.8, 4) is 0 Å². The maximum absolute atomic E-state index is 12.4. The second-order valence-corrected chi connectivity index (χ2v) is 5.84. The van der Waals surface area contributed by atoms with E-state index in [-0.39, 0.29) is 11.5 Å². The van der Waals surface area contributed by atoms with Crippen molar-refractivity contribution in [1.29, 1.82) is 0 Å². The number of carbonyl (C=O) groups is 1. The van der Waals surface area contributed by atoms with Crippen LogP contribution in [-0.2, 0) is 9.53 Å². The van der Waals surface area contributed by atoms with Gasteiger partial charge in [0.2, 0.25) is 0 Å². The van der Waals surface area contributed by atoms with Gasteiger partial charge in [0, 0.05) is 6.04 Å². The van der Waals surface area contributed by atoms with Crippen LogP contribution < -0.4 is 5.32 Å². The molecule has 104 valence electrons. The average Bonchev–Trinajstić information content (AvgIpc) is 2.74. The van der Waals surface area contributed by atoms with E-state index in [9.17, 15) is 4.79 Å². The lowest BCUT2D eigenvalue weighted by Gasteiger charge is -2.34. The second kappa shape index (κ2) is 6.55. The Kier molecular flexibility index (Phi) is 5.04. The van der Waals surface area contributed by atoms with Crippen molar-refractivity contribution in [2.24, 2.45) is 0 Å². The zero-order chi connectivity index (χ0) is 12.8. The van der Waals surface area contributed by atoms with Crippen LogP contribution in [0, 0.1) is 0 Å². The Hall–Kier alpha value is -0.570. The van der Waals surface area contributed by atoms with E-state index in [0.717, 1.165) is 25.7 Å². The van der Waals surface area contributed by atoms with Gasteiger partial charge in [0.1, 0.15) is 5.54 Å². The van der Waals surface area contributed by atoms with Gasteiger partial charge in [-0.3, -0.25) is 10.1 Å². The number of hydrogen-bond donors (Lipinski definition) is 1. The van der Waals surface area contributed by atoms with Gasteiger partial charge in [-0.2, -0.15) is 0 Å². The smallest absolute Gasteiger partial charge is 0.326 e. The topological polar surface area (TPSA) is 38.3 Å². The molecule has 2 saturated carbocycles. The summed E-state index contributed by atoms with van der Waals surface area (Å²) in [6.07, 6.45) is 11.8. The molecule has 0 unspecified atom stereocenters. The van der Waals surface area contributed by atoms with Crippen LogP contribution in [0.4, 0.5) is 0 Å².